The van der Waals surface area contributed by atoms with Crippen molar-refractivity contribution < 1.29 is 33.8 Å². The lowest BCUT2D eigenvalue weighted by molar-refractivity contribution is -0.136. The fourth-order valence-corrected chi connectivity index (χ4v) is 10.9. The number of carbonyl (C=O) groups is 4. The van der Waals surface area contributed by atoms with Gasteiger partial charge < -0.3 is 54.8 Å². The lowest BCUT2D eigenvalue weighted by Gasteiger charge is -2.34. The number of hydrogen-bond donors (Lipinski definition) is 5. The third-order valence-electron chi connectivity index (χ3n) is 14.6. The highest BCUT2D eigenvalue weighted by Gasteiger charge is 2.40. The van der Waals surface area contributed by atoms with Gasteiger partial charge in [0, 0.05) is 37.6 Å². The van der Waals surface area contributed by atoms with Crippen LogP contribution in [0.15, 0.2) is 85.2 Å². The number of methoxy groups -OCH3 is 1. The topological polar surface area (TPSA) is 201 Å². The molecule has 4 fully saturated rings. The van der Waals surface area contributed by atoms with Crippen molar-refractivity contribution >= 4 is 35.4 Å². The molecule has 0 spiro atoms. The minimum absolute atomic E-state index is 0.113. The molecular formula is C53H66N10O7. The molecule has 17 heteroatoms. The van der Waals surface area contributed by atoms with Crippen LogP contribution in [0.3, 0.4) is 0 Å². The van der Waals surface area contributed by atoms with Gasteiger partial charge in [-0.15, -0.1) is 0 Å². The van der Waals surface area contributed by atoms with Crippen molar-refractivity contribution in [2.75, 3.05) is 56.3 Å². The predicted molar refractivity (Wildman–Crippen MR) is 266 cm³/mol. The van der Waals surface area contributed by atoms with E-state index in [1.807, 2.05) is 45.0 Å². The van der Waals surface area contributed by atoms with E-state index in [4.69, 9.17) is 19.4 Å². The SMILES string of the molecule is COC(=O)N[C@H](C(=O)N1CCC[C@H]1c1ncc(-c2ccc([C@H]3CC[C@H](c4ccc(-c5cnc([C@@H]6CCCN6C(=O)[C@@H](NC(=O)O)C(C)C)[nH]5)cc4)N3c3ccc(N4CCOCC4)cc3)cc2)[nH]1)C(C)C. The van der Waals surface area contributed by atoms with Gasteiger partial charge in [0.05, 0.1) is 68.3 Å². The number of H-pyrrole nitrogens is 2. The zero-order valence-electron chi connectivity index (χ0n) is 40.8. The number of morpholine rings is 1. The smallest absolute Gasteiger partial charge is 0.407 e. The Morgan fingerprint density at radius 3 is 1.53 bits per heavy atom. The molecule has 6 heterocycles. The van der Waals surface area contributed by atoms with E-state index >= 15 is 0 Å². The Labute approximate surface area is 409 Å². The molecule has 3 aromatic carbocycles. The molecule has 5 N–H and O–H groups in total. The summed E-state index contributed by atoms with van der Waals surface area (Å²) >= 11 is 0. The number of nitrogens with one attached hydrogen (secondary N) is 4. The van der Waals surface area contributed by atoms with Crippen LogP contribution in [-0.4, -0.2) is 117 Å². The number of carboxylic acid groups (broad SMARTS) is 1. The predicted octanol–water partition coefficient (Wildman–Crippen LogP) is 8.39. The zero-order chi connectivity index (χ0) is 49.1. The summed E-state index contributed by atoms with van der Waals surface area (Å²) in [6, 6.07) is 24.6. The van der Waals surface area contributed by atoms with Gasteiger partial charge in [-0.25, -0.2) is 19.6 Å². The second kappa shape index (κ2) is 21.0. The number of rotatable bonds is 14. The third kappa shape index (κ3) is 10.1. The zero-order valence-corrected chi connectivity index (χ0v) is 40.8. The first-order chi connectivity index (χ1) is 33.9. The van der Waals surface area contributed by atoms with Gasteiger partial charge in [0.1, 0.15) is 23.7 Å². The Morgan fingerprint density at radius 1 is 0.629 bits per heavy atom. The fourth-order valence-electron chi connectivity index (χ4n) is 10.9. The maximum Gasteiger partial charge on any atom is 0.407 e. The molecule has 0 unspecified atom stereocenters. The number of ether oxygens (including phenoxy) is 2. The van der Waals surface area contributed by atoms with Gasteiger partial charge in [-0.2, -0.15) is 0 Å². The van der Waals surface area contributed by atoms with Crippen LogP contribution < -0.4 is 20.4 Å². The number of benzene rings is 3. The van der Waals surface area contributed by atoms with Gasteiger partial charge in [0.2, 0.25) is 11.8 Å². The number of amides is 4. The summed E-state index contributed by atoms with van der Waals surface area (Å²) in [4.78, 5) is 76.1. The Bertz CT molecular complexity index is 2610. The molecule has 370 valence electrons. The lowest BCUT2D eigenvalue weighted by Crippen LogP contribution is -2.51. The first-order valence-electron chi connectivity index (χ1n) is 24.8. The Balaban J connectivity index is 0.934. The monoisotopic (exact) mass is 955 g/mol. The summed E-state index contributed by atoms with van der Waals surface area (Å²) in [6.07, 6.45) is 6.92. The summed E-state index contributed by atoms with van der Waals surface area (Å²) < 4.78 is 10.4. The van der Waals surface area contributed by atoms with Crippen molar-refractivity contribution in [1.29, 1.82) is 0 Å². The van der Waals surface area contributed by atoms with Gasteiger partial charge in [0.15, 0.2) is 0 Å². The highest BCUT2D eigenvalue weighted by atomic mass is 16.5. The molecule has 2 aromatic heterocycles. The van der Waals surface area contributed by atoms with Gasteiger partial charge in [-0.3, -0.25) is 9.59 Å². The van der Waals surface area contributed by atoms with E-state index in [2.05, 4.69) is 103 Å². The number of imidazole rings is 2. The summed E-state index contributed by atoms with van der Waals surface area (Å²) in [7, 11) is 1.30. The van der Waals surface area contributed by atoms with Gasteiger partial charge in [-0.1, -0.05) is 76.2 Å². The molecule has 0 radical (unpaired) electrons. The van der Waals surface area contributed by atoms with E-state index in [1.54, 1.807) is 4.90 Å². The second-order valence-electron chi connectivity index (χ2n) is 19.6. The molecule has 4 saturated heterocycles. The molecule has 0 saturated carbocycles. The molecule has 17 nitrogen and oxygen atoms in total. The van der Waals surface area contributed by atoms with Crippen LogP contribution in [-0.2, 0) is 19.1 Å². The van der Waals surface area contributed by atoms with Crippen LogP contribution >= 0.6 is 0 Å². The standard InChI is InChI=1S/C53H66N10O7/c1-32(2)46(58-52(66)67)50(64)61-24-6-8-44(61)48-54-30-40(56-48)34-10-14-36(15-11-34)42-22-23-43(63(42)39-20-18-38(19-21-39)60-26-28-70-29-27-60)37-16-12-35(13-17-37)41-31-55-49(57-41)45-9-7-25-62(45)51(65)47(33(3)4)59-53(68)69-5/h10-21,30-33,42-47,58H,6-9,22-29H2,1-5H3,(H,54,56)(H,55,57)(H,59,68)(H,66,67)/t42-,43-,44+,45+,46+,47+/m1/s1. The number of carbonyl (C=O) groups excluding carboxylic acids is 3. The van der Waals surface area contributed by atoms with Crippen molar-refractivity contribution in [3.8, 4) is 22.5 Å². The minimum atomic E-state index is -1.21. The number of hydrogen-bond acceptors (Lipinski definition) is 10. The highest BCUT2D eigenvalue weighted by molar-refractivity contribution is 5.87. The molecule has 5 aromatic rings. The van der Waals surface area contributed by atoms with Gasteiger partial charge in [0.25, 0.3) is 0 Å². The van der Waals surface area contributed by atoms with Crippen LogP contribution in [0, 0.1) is 11.8 Å². The van der Waals surface area contributed by atoms with Crippen molar-refractivity contribution in [2.24, 2.45) is 11.8 Å². The molecule has 4 amide bonds. The number of aromatic amines is 2. The number of nitrogens with zero attached hydrogens (tertiary/aromatic N) is 6. The molecule has 0 bridgehead atoms. The number of likely N-dealkylation sites (tertiary alicyclic amines) is 2. The van der Waals surface area contributed by atoms with Crippen molar-refractivity contribution in [1.82, 2.24) is 40.4 Å². The molecule has 0 aliphatic carbocycles. The molecular weight excluding hydrogens is 889 g/mol. The molecule has 70 heavy (non-hydrogen) atoms. The van der Waals surface area contributed by atoms with E-state index in [0.717, 1.165) is 98.9 Å². The Morgan fingerprint density at radius 2 is 1.09 bits per heavy atom. The van der Waals surface area contributed by atoms with E-state index in [-0.39, 0.29) is 47.8 Å². The fraction of sp³-hybridized carbons (Fsp3) is 0.472. The van der Waals surface area contributed by atoms with Gasteiger partial charge >= 0.3 is 12.2 Å². The Kier molecular flexibility index (Phi) is 14.4. The number of anilines is 2. The number of aromatic nitrogens is 4. The highest BCUT2D eigenvalue weighted by Crippen LogP contribution is 2.48. The van der Waals surface area contributed by atoms with Gasteiger partial charge in [-0.05, 0) is 96.9 Å². The average molecular weight is 955 g/mol. The van der Waals surface area contributed by atoms with E-state index < -0.39 is 24.3 Å². The van der Waals surface area contributed by atoms with E-state index in [9.17, 15) is 24.3 Å². The summed E-state index contributed by atoms with van der Waals surface area (Å²) in [5.41, 5.74) is 8.49. The average Bonchev–Trinajstić information content (AvgIpc) is 4.24. The lowest BCUT2D eigenvalue weighted by atomic mass is 10.0. The van der Waals surface area contributed by atoms with Crippen molar-refractivity contribution in [2.45, 2.75) is 102 Å². The summed E-state index contributed by atoms with van der Waals surface area (Å²) in [6.45, 7) is 11.8. The van der Waals surface area contributed by atoms with E-state index in [1.165, 1.54) is 23.9 Å². The summed E-state index contributed by atoms with van der Waals surface area (Å²) in [5, 5.41) is 14.6. The summed E-state index contributed by atoms with van der Waals surface area (Å²) in [5.74, 6) is 0.753. The van der Waals surface area contributed by atoms with Crippen LogP contribution in [0.2, 0.25) is 0 Å². The quantitative estimate of drug-likeness (QED) is 0.0716. The number of alkyl carbamates (subject to hydrolysis) is 1. The van der Waals surface area contributed by atoms with Crippen molar-refractivity contribution in [3.63, 3.8) is 0 Å². The maximum absolute atomic E-state index is 13.8. The molecule has 4 aliphatic rings. The van der Waals surface area contributed by atoms with Crippen LogP contribution in [0.4, 0.5) is 21.0 Å². The maximum atomic E-state index is 13.8. The van der Waals surface area contributed by atoms with Crippen LogP contribution in [0.5, 0.6) is 0 Å². The first-order valence-corrected chi connectivity index (χ1v) is 24.8. The Hall–Kier alpha value is -6.88. The second-order valence-corrected chi connectivity index (χ2v) is 19.6. The van der Waals surface area contributed by atoms with E-state index in [0.29, 0.717) is 18.9 Å². The molecule has 9 rings (SSSR count). The molecule has 4 aliphatic heterocycles. The van der Waals surface area contributed by atoms with Crippen LogP contribution in [0.1, 0.15) is 113 Å². The van der Waals surface area contributed by atoms with Crippen LogP contribution in [0.25, 0.3) is 22.5 Å². The molecule has 6 atom stereocenters. The third-order valence-corrected chi connectivity index (χ3v) is 14.6. The first kappa shape index (κ1) is 48.2. The van der Waals surface area contributed by atoms with Crippen molar-refractivity contribution in [3.05, 3.63) is 108 Å². The minimum Gasteiger partial charge on any atom is -0.465 e. The largest absolute Gasteiger partial charge is 0.465 e. The normalized spacial score (nSPS) is 21.4.